The summed E-state index contributed by atoms with van der Waals surface area (Å²) in [7, 11) is 0. The zero-order chi connectivity index (χ0) is 14.8. The Morgan fingerprint density at radius 1 is 1.38 bits per heavy atom. The van der Waals surface area contributed by atoms with Gasteiger partial charge in [-0.3, -0.25) is 9.69 Å². The first-order chi connectivity index (χ1) is 10.1. The van der Waals surface area contributed by atoms with Crippen LogP contribution in [-0.4, -0.2) is 39.2 Å². The first kappa shape index (κ1) is 13.8. The number of carboxylic acids is 1. The molecule has 0 unspecified atom stereocenters. The van der Waals surface area contributed by atoms with Crippen molar-refractivity contribution in [1.82, 2.24) is 15.0 Å². The second-order valence-corrected chi connectivity index (χ2v) is 5.54. The van der Waals surface area contributed by atoms with Gasteiger partial charge in [-0.1, -0.05) is 35.0 Å². The summed E-state index contributed by atoms with van der Waals surface area (Å²) in [6.07, 6.45) is 0.231. The highest BCUT2D eigenvalue weighted by atomic mass is 16.5. The average Bonchev–Trinajstić information content (AvgIpc) is 2.85. The van der Waals surface area contributed by atoms with E-state index in [4.69, 9.17) is 9.63 Å². The van der Waals surface area contributed by atoms with Crippen molar-refractivity contribution in [1.29, 1.82) is 0 Å². The van der Waals surface area contributed by atoms with Crippen LogP contribution in [-0.2, 0) is 11.3 Å². The number of aliphatic carboxylic acids is 1. The second kappa shape index (κ2) is 5.65. The SMILES string of the molecule is Cc1ccc(-c2noc(CN3CC(CC(=O)O)C3)n2)cc1. The van der Waals surface area contributed by atoms with E-state index in [-0.39, 0.29) is 12.3 Å². The maximum Gasteiger partial charge on any atom is 0.303 e. The minimum atomic E-state index is -0.737. The van der Waals surface area contributed by atoms with Crippen molar-refractivity contribution < 1.29 is 14.4 Å². The van der Waals surface area contributed by atoms with E-state index in [9.17, 15) is 4.79 Å². The predicted octanol–water partition coefficient (Wildman–Crippen LogP) is 1.95. The lowest BCUT2D eigenvalue weighted by Crippen LogP contribution is -2.46. The second-order valence-electron chi connectivity index (χ2n) is 5.54. The lowest BCUT2D eigenvalue weighted by atomic mass is 9.97. The van der Waals surface area contributed by atoms with Gasteiger partial charge in [-0.25, -0.2) is 0 Å². The quantitative estimate of drug-likeness (QED) is 0.905. The Bertz CT molecular complexity index is 630. The van der Waals surface area contributed by atoms with Crippen LogP contribution < -0.4 is 0 Å². The van der Waals surface area contributed by atoms with Crippen LogP contribution in [0.3, 0.4) is 0 Å². The van der Waals surface area contributed by atoms with Gasteiger partial charge in [0.05, 0.1) is 13.0 Å². The van der Waals surface area contributed by atoms with Crippen LogP contribution in [0, 0.1) is 12.8 Å². The minimum absolute atomic E-state index is 0.231. The van der Waals surface area contributed by atoms with Crippen molar-refractivity contribution in [3.05, 3.63) is 35.7 Å². The standard InChI is InChI=1S/C15H17N3O3/c1-10-2-4-12(5-3-10)15-16-13(21-17-15)9-18-7-11(8-18)6-14(19)20/h2-5,11H,6-9H2,1H3,(H,19,20). The maximum absolute atomic E-state index is 10.6. The Labute approximate surface area is 122 Å². The van der Waals surface area contributed by atoms with Crippen molar-refractivity contribution >= 4 is 5.97 Å². The van der Waals surface area contributed by atoms with Gasteiger partial charge < -0.3 is 9.63 Å². The number of aryl methyl sites for hydroxylation is 1. The summed E-state index contributed by atoms with van der Waals surface area (Å²) < 4.78 is 5.25. The molecule has 0 amide bonds. The van der Waals surface area contributed by atoms with E-state index < -0.39 is 5.97 Å². The number of hydrogen-bond donors (Lipinski definition) is 1. The van der Waals surface area contributed by atoms with Gasteiger partial charge in [-0.2, -0.15) is 4.98 Å². The molecule has 0 bridgehead atoms. The third-order valence-corrected chi connectivity index (χ3v) is 3.63. The van der Waals surface area contributed by atoms with Gasteiger partial charge in [0.25, 0.3) is 0 Å². The topological polar surface area (TPSA) is 79.5 Å². The van der Waals surface area contributed by atoms with Crippen LogP contribution >= 0.6 is 0 Å². The van der Waals surface area contributed by atoms with Crippen LogP contribution in [0.5, 0.6) is 0 Å². The van der Waals surface area contributed by atoms with E-state index in [1.54, 1.807) is 0 Å². The lowest BCUT2D eigenvalue weighted by Gasteiger charge is -2.37. The van der Waals surface area contributed by atoms with Gasteiger partial charge >= 0.3 is 5.97 Å². The number of carboxylic acid groups (broad SMARTS) is 1. The minimum Gasteiger partial charge on any atom is -0.481 e. The van der Waals surface area contributed by atoms with E-state index >= 15 is 0 Å². The summed E-state index contributed by atoms with van der Waals surface area (Å²) in [6, 6.07) is 7.96. The summed E-state index contributed by atoms with van der Waals surface area (Å²) in [4.78, 5) is 17.1. The largest absolute Gasteiger partial charge is 0.481 e. The van der Waals surface area contributed by atoms with Crippen LogP contribution in [0.1, 0.15) is 17.9 Å². The molecular weight excluding hydrogens is 270 g/mol. The molecule has 2 aromatic rings. The Hall–Kier alpha value is -2.21. The smallest absolute Gasteiger partial charge is 0.303 e. The first-order valence-corrected chi connectivity index (χ1v) is 6.94. The van der Waals surface area contributed by atoms with E-state index in [0.29, 0.717) is 18.3 Å². The third-order valence-electron chi connectivity index (χ3n) is 3.63. The molecule has 1 saturated heterocycles. The number of hydrogen-bond acceptors (Lipinski definition) is 5. The fraction of sp³-hybridized carbons (Fsp3) is 0.400. The molecule has 110 valence electrons. The summed E-state index contributed by atoms with van der Waals surface area (Å²) in [5, 5.41) is 12.7. The highest BCUT2D eigenvalue weighted by Gasteiger charge is 2.29. The summed E-state index contributed by atoms with van der Waals surface area (Å²) in [5.41, 5.74) is 2.12. The average molecular weight is 287 g/mol. The van der Waals surface area contributed by atoms with Crippen LogP contribution in [0.25, 0.3) is 11.4 Å². The molecule has 6 nitrogen and oxygen atoms in total. The Balaban J connectivity index is 1.57. The Morgan fingerprint density at radius 2 is 2.10 bits per heavy atom. The fourth-order valence-electron chi connectivity index (χ4n) is 2.51. The molecule has 0 radical (unpaired) electrons. The van der Waals surface area contributed by atoms with Crippen molar-refractivity contribution in [2.24, 2.45) is 5.92 Å². The van der Waals surface area contributed by atoms with E-state index in [0.717, 1.165) is 18.7 Å². The van der Waals surface area contributed by atoms with Gasteiger partial charge in [0.1, 0.15) is 0 Å². The van der Waals surface area contributed by atoms with Crippen LogP contribution in [0.4, 0.5) is 0 Å². The number of aromatic nitrogens is 2. The van der Waals surface area contributed by atoms with E-state index in [1.807, 2.05) is 31.2 Å². The highest BCUT2D eigenvalue weighted by Crippen LogP contribution is 2.22. The molecule has 2 heterocycles. The molecule has 1 N–H and O–H groups in total. The van der Waals surface area contributed by atoms with Crippen molar-refractivity contribution in [3.63, 3.8) is 0 Å². The monoisotopic (exact) mass is 287 g/mol. The molecule has 3 rings (SSSR count). The van der Waals surface area contributed by atoms with Gasteiger partial charge in [0, 0.05) is 18.7 Å². The molecule has 1 fully saturated rings. The third kappa shape index (κ3) is 3.28. The van der Waals surface area contributed by atoms with Crippen molar-refractivity contribution in [2.45, 2.75) is 19.9 Å². The molecule has 0 aliphatic carbocycles. The first-order valence-electron chi connectivity index (χ1n) is 6.94. The fourth-order valence-corrected chi connectivity index (χ4v) is 2.51. The lowest BCUT2D eigenvalue weighted by molar-refractivity contribution is -0.139. The molecule has 21 heavy (non-hydrogen) atoms. The van der Waals surface area contributed by atoms with Gasteiger partial charge in [0.15, 0.2) is 0 Å². The zero-order valence-corrected chi connectivity index (χ0v) is 11.8. The zero-order valence-electron chi connectivity index (χ0n) is 11.8. The molecule has 0 atom stereocenters. The predicted molar refractivity (Wildman–Crippen MR) is 75.5 cm³/mol. The molecule has 1 aliphatic heterocycles. The van der Waals surface area contributed by atoms with E-state index in [2.05, 4.69) is 15.0 Å². The number of likely N-dealkylation sites (tertiary alicyclic amines) is 1. The highest BCUT2D eigenvalue weighted by molar-refractivity contribution is 5.67. The summed E-state index contributed by atoms with van der Waals surface area (Å²) in [6.45, 7) is 4.15. The molecular formula is C15H17N3O3. The molecule has 1 aromatic heterocycles. The molecule has 1 aromatic carbocycles. The summed E-state index contributed by atoms with van der Waals surface area (Å²) in [5.74, 6) is 0.660. The molecule has 1 aliphatic rings. The van der Waals surface area contributed by atoms with Gasteiger partial charge in [-0.15, -0.1) is 0 Å². The van der Waals surface area contributed by atoms with Crippen molar-refractivity contribution in [3.8, 4) is 11.4 Å². The van der Waals surface area contributed by atoms with Gasteiger partial charge in [0.2, 0.25) is 11.7 Å². The maximum atomic E-state index is 10.6. The normalized spacial score (nSPS) is 15.9. The number of benzene rings is 1. The van der Waals surface area contributed by atoms with E-state index in [1.165, 1.54) is 5.56 Å². The van der Waals surface area contributed by atoms with Crippen LogP contribution in [0.2, 0.25) is 0 Å². The Morgan fingerprint density at radius 3 is 2.76 bits per heavy atom. The summed E-state index contributed by atoms with van der Waals surface area (Å²) >= 11 is 0. The van der Waals surface area contributed by atoms with Crippen LogP contribution in [0.15, 0.2) is 28.8 Å². The molecule has 0 spiro atoms. The van der Waals surface area contributed by atoms with Crippen molar-refractivity contribution in [2.75, 3.05) is 13.1 Å². The molecule has 0 saturated carbocycles. The van der Waals surface area contributed by atoms with Gasteiger partial charge in [-0.05, 0) is 12.8 Å². The molecule has 6 heteroatoms. The number of nitrogens with zero attached hydrogens (tertiary/aromatic N) is 3. The number of carbonyl (C=O) groups is 1. The number of rotatable bonds is 5. The Kier molecular flexibility index (Phi) is 3.70.